The Bertz CT molecular complexity index is 1100. The average Bonchev–Trinajstić information content (AvgIpc) is 3.21. The van der Waals surface area contributed by atoms with Gasteiger partial charge in [0.15, 0.2) is 0 Å². The molecule has 1 unspecified atom stereocenters. The number of para-hydroxylation sites is 2. The fourth-order valence-corrected chi connectivity index (χ4v) is 5.06. The topological polar surface area (TPSA) is 19.0 Å². The molecule has 0 aromatic heterocycles. The van der Waals surface area contributed by atoms with Crippen LogP contribution in [0.5, 0.6) is 5.75 Å². The number of hydrogen-bond acceptors (Lipinski definition) is 4. The summed E-state index contributed by atoms with van der Waals surface area (Å²) in [5.41, 5.74) is 5.18. The highest BCUT2D eigenvalue weighted by Gasteiger charge is 2.30. The van der Waals surface area contributed by atoms with Gasteiger partial charge in [-0.05, 0) is 67.8 Å². The second kappa shape index (κ2) is 9.44. The van der Waals surface area contributed by atoms with E-state index in [2.05, 4.69) is 59.1 Å². The zero-order valence-electron chi connectivity index (χ0n) is 19.5. The average molecular weight is 446 g/mol. The third-order valence-corrected chi connectivity index (χ3v) is 6.95. The zero-order valence-corrected chi connectivity index (χ0v) is 19.5. The Labute approximate surface area is 196 Å². The Balaban J connectivity index is 1.35. The number of hydrogen-bond donors (Lipinski definition) is 0. The molecule has 3 aromatic rings. The smallest absolute Gasteiger partial charge is 0.143 e. The van der Waals surface area contributed by atoms with Gasteiger partial charge in [0.2, 0.25) is 0 Å². The molecule has 1 saturated heterocycles. The number of nitrogens with zero attached hydrogens (tertiary/aromatic N) is 3. The largest absolute Gasteiger partial charge is 0.487 e. The molecule has 1 atom stereocenters. The molecule has 4 nitrogen and oxygen atoms in total. The van der Waals surface area contributed by atoms with Gasteiger partial charge in [0.05, 0.1) is 11.4 Å². The second-order valence-electron chi connectivity index (χ2n) is 9.25. The summed E-state index contributed by atoms with van der Waals surface area (Å²) >= 11 is 0. The van der Waals surface area contributed by atoms with Crippen LogP contribution >= 0.6 is 0 Å². The molecule has 0 bridgehead atoms. The van der Waals surface area contributed by atoms with Gasteiger partial charge < -0.3 is 14.5 Å². The minimum atomic E-state index is -0.199. The number of benzene rings is 3. The molecule has 2 heterocycles. The van der Waals surface area contributed by atoms with Crippen molar-refractivity contribution in [2.75, 3.05) is 43.5 Å². The van der Waals surface area contributed by atoms with Crippen molar-refractivity contribution in [2.45, 2.75) is 31.9 Å². The van der Waals surface area contributed by atoms with Crippen LogP contribution in [-0.2, 0) is 13.0 Å². The van der Waals surface area contributed by atoms with Crippen LogP contribution in [0.15, 0.2) is 66.7 Å². The summed E-state index contributed by atoms with van der Waals surface area (Å²) in [6.07, 6.45) is 3.39. The minimum Gasteiger partial charge on any atom is -0.487 e. The SMILES string of the molecule is CN(C)c1ccc(CCN2CCCC2CN2c3ccccc3OCc3c(F)cccc32)cc1. The lowest BCUT2D eigenvalue weighted by Gasteiger charge is -2.32. The molecule has 0 N–H and O–H groups in total. The van der Waals surface area contributed by atoms with Gasteiger partial charge in [-0.3, -0.25) is 4.90 Å². The van der Waals surface area contributed by atoms with Crippen molar-refractivity contribution in [2.24, 2.45) is 0 Å². The first-order valence-electron chi connectivity index (χ1n) is 11.9. The lowest BCUT2D eigenvalue weighted by Crippen LogP contribution is -2.39. The van der Waals surface area contributed by atoms with Crippen LogP contribution in [0.3, 0.4) is 0 Å². The van der Waals surface area contributed by atoms with E-state index in [9.17, 15) is 4.39 Å². The lowest BCUT2D eigenvalue weighted by atomic mass is 10.1. The molecule has 0 spiro atoms. The van der Waals surface area contributed by atoms with E-state index in [1.807, 2.05) is 24.3 Å². The maximum atomic E-state index is 14.7. The first kappa shape index (κ1) is 21.8. The van der Waals surface area contributed by atoms with Crippen molar-refractivity contribution >= 4 is 17.1 Å². The van der Waals surface area contributed by atoms with E-state index < -0.39 is 0 Å². The van der Waals surface area contributed by atoms with Gasteiger partial charge in [-0.2, -0.15) is 0 Å². The Morgan fingerprint density at radius 1 is 0.970 bits per heavy atom. The van der Waals surface area contributed by atoms with Gasteiger partial charge in [-0.1, -0.05) is 30.3 Å². The maximum Gasteiger partial charge on any atom is 0.143 e. The Morgan fingerprint density at radius 3 is 2.58 bits per heavy atom. The summed E-state index contributed by atoms with van der Waals surface area (Å²) in [6.45, 7) is 3.24. The van der Waals surface area contributed by atoms with Gasteiger partial charge in [0.1, 0.15) is 18.2 Å². The summed E-state index contributed by atoms with van der Waals surface area (Å²) in [6, 6.07) is 22.7. The standard InChI is InChI=1S/C28H32FN3O/c1-30(2)22-14-12-21(13-15-22)16-18-31-17-6-7-23(31)19-32-26-10-5-8-25(29)24(26)20-33-28-11-4-3-9-27(28)32/h3-5,8-15,23H,6-7,16-20H2,1-2H3. The van der Waals surface area contributed by atoms with Gasteiger partial charge in [-0.25, -0.2) is 4.39 Å². The van der Waals surface area contributed by atoms with Crippen molar-refractivity contribution in [3.8, 4) is 5.75 Å². The Morgan fingerprint density at radius 2 is 1.76 bits per heavy atom. The predicted molar refractivity (Wildman–Crippen MR) is 133 cm³/mol. The van der Waals surface area contributed by atoms with E-state index in [-0.39, 0.29) is 12.4 Å². The van der Waals surface area contributed by atoms with Gasteiger partial charge in [0.25, 0.3) is 0 Å². The summed E-state index contributed by atoms with van der Waals surface area (Å²) in [7, 11) is 4.14. The van der Waals surface area contributed by atoms with Gasteiger partial charge in [0, 0.05) is 44.5 Å². The van der Waals surface area contributed by atoms with Crippen LogP contribution in [0.2, 0.25) is 0 Å². The molecular weight excluding hydrogens is 413 g/mol. The van der Waals surface area contributed by atoms with Crippen LogP contribution < -0.4 is 14.5 Å². The van der Waals surface area contributed by atoms with Crippen molar-refractivity contribution in [1.82, 2.24) is 4.90 Å². The molecule has 0 radical (unpaired) electrons. The lowest BCUT2D eigenvalue weighted by molar-refractivity contribution is 0.261. The van der Waals surface area contributed by atoms with E-state index in [1.165, 1.54) is 23.7 Å². The predicted octanol–water partition coefficient (Wildman–Crippen LogP) is 5.63. The van der Waals surface area contributed by atoms with Crippen LogP contribution in [0.4, 0.5) is 21.5 Å². The molecule has 0 amide bonds. The van der Waals surface area contributed by atoms with E-state index in [0.29, 0.717) is 11.6 Å². The van der Waals surface area contributed by atoms with Crippen molar-refractivity contribution < 1.29 is 9.13 Å². The number of fused-ring (bicyclic) bond motifs is 2. The van der Waals surface area contributed by atoms with E-state index in [4.69, 9.17) is 4.74 Å². The summed E-state index contributed by atoms with van der Waals surface area (Å²) < 4.78 is 20.7. The highest BCUT2D eigenvalue weighted by molar-refractivity contribution is 5.73. The molecule has 5 rings (SSSR count). The molecule has 5 heteroatoms. The minimum absolute atomic E-state index is 0.199. The highest BCUT2D eigenvalue weighted by Crippen LogP contribution is 2.41. The Hall–Kier alpha value is -3.05. The van der Waals surface area contributed by atoms with Gasteiger partial charge >= 0.3 is 0 Å². The normalized spacial score (nSPS) is 17.8. The Kier molecular flexibility index (Phi) is 6.23. The molecule has 0 saturated carbocycles. The molecule has 2 aliphatic rings. The molecule has 1 fully saturated rings. The van der Waals surface area contributed by atoms with Crippen LogP contribution in [0, 0.1) is 5.82 Å². The zero-order chi connectivity index (χ0) is 22.8. The summed E-state index contributed by atoms with van der Waals surface area (Å²) in [5, 5.41) is 0. The highest BCUT2D eigenvalue weighted by atomic mass is 19.1. The number of rotatable bonds is 6. The van der Waals surface area contributed by atoms with E-state index >= 15 is 0 Å². The third kappa shape index (κ3) is 4.55. The molecule has 2 aliphatic heterocycles. The fourth-order valence-electron chi connectivity index (χ4n) is 5.06. The number of likely N-dealkylation sites (tertiary alicyclic amines) is 1. The maximum absolute atomic E-state index is 14.7. The third-order valence-electron chi connectivity index (χ3n) is 6.95. The number of halogens is 1. The van der Waals surface area contributed by atoms with Gasteiger partial charge in [-0.15, -0.1) is 0 Å². The molecule has 3 aromatic carbocycles. The van der Waals surface area contributed by atoms with Crippen molar-refractivity contribution in [3.05, 3.63) is 83.7 Å². The molecule has 172 valence electrons. The second-order valence-corrected chi connectivity index (χ2v) is 9.25. The number of anilines is 3. The molecular formula is C28H32FN3O. The van der Waals surface area contributed by atoms with Crippen LogP contribution in [0.1, 0.15) is 24.0 Å². The van der Waals surface area contributed by atoms with E-state index in [1.54, 1.807) is 6.07 Å². The summed E-state index contributed by atoms with van der Waals surface area (Å²) in [5.74, 6) is 0.619. The summed E-state index contributed by atoms with van der Waals surface area (Å²) in [4.78, 5) is 7.01. The van der Waals surface area contributed by atoms with Crippen molar-refractivity contribution in [1.29, 1.82) is 0 Å². The van der Waals surface area contributed by atoms with Crippen LogP contribution in [0.25, 0.3) is 0 Å². The monoisotopic (exact) mass is 445 g/mol. The first-order valence-corrected chi connectivity index (χ1v) is 11.9. The molecule has 33 heavy (non-hydrogen) atoms. The quantitative estimate of drug-likeness (QED) is 0.489. The first-order chi connectivity index (χ1) is 16.1. The fraction of sp³-hybridized carbons (Fsp3) is 0.357. The number of ether oxygens (including phenoxy) is 1. The van der Waals surface area contributed by atoms with E-state index in [0.717, 1.165) is 49.6 Å². The molecule has 0 aliphatic carbocycles. The van der Waals surface area contributed by atoms with Crippen molar-refractivity contribution in [3.63, 3.8) is 0 Å². The van der Waals surface area contributed by atoms with Crippen LogP contribution in [-0.4, -0.2) is 44.7 Å².